The first-order valence-corrected chi connectivity index (χ1v) is 11.5. The van der Waals surface area contributed by atoms with Crippen molar-refractivity contribution in [2.45, 2.75) is 65.0 Å². The third kappa shape index (κ3) is 3.84. The highest BCUT2D eigenvalue weighted by atomic mass is 16.2. The molecule has 0 radical (unpaired) electrons. The molecular formula is C25H37N3O. The smallest absolute Gasteiger partial charge is 0.231 e. The molecule has 1 N–H and O–H groups in total. The molecule has 0 aromatic heterocycles. The number of hydrogen-bond donors (Lipinski definition) is 1. The van der Waals surface area contributed by atoms with Gasteiger partial charge in [-0.15, -0.1) is 0 Å². The predicted octanol–water partition coefficient (Wildman–Crippen LogP) is 4.59. The van der Waals surface area contributed by atoms with E-state index in [0.29, 0.717) is 23.8 Å². The largest absolute Gasteiger partial charge is 0.384 e. The Hall–Kier alpha value is -1.81. The van der Waals surface area contributed by atoms with E-state index >= 15 is 0 Å². The summed E-state index contributed by atoms with van der Waals surface area (Å²) in [7, 11) is 2.20. The van der Waals surface area contributed by atoms with Crippen LogP contribution < -0.4 is 5.32 Å². The lowest BCUT2D eigenvalue weighted by Crippen LogP contribution is -2.49. The van der Waals surface area contributed by atoms with E-state index in [4.69, 9.17) is 0 Å². The molecular weight excluding hydrogens is 358 g/mol. The summed E-state index contributed by atoms with van der Waals surface area (Å²) >= 11 is 0. The zero-order valence-corrected chi connectivity index (χ0v) is 18.7. The number of carbonyl (C=O) groups excluding carboxylic acids is 1. The number of benzene rings is 1. The summed E-state index contributed by atoms with van der Waals surface area (Å²) in [5, 5.41) is 3.58. The van der Waals surface area contributed by atoms with Crippen molar-refractivity contribution in [1.82, 2.24) is 9.80 Å². The topological polar surface area (TPSA) is 35.6 Å². The fraction of sp³-hybridized carbons (Fsp3) is 0.640. The maximum Gasteiger partial charge on any atom is 0.231 e. The second kappa shape index (κ2) is 8.14. The van der Waals surface area contributed by atoms with Crippen LogP contribution in [-0.2, 0) is 4.79 Å². The van der Waals surface area contributed by atoms with E-state index in [9.17, 15) is 4.79 Å². The quantitative estimate of drug-likeness (QED) is 0.765. The minimum absolute atomic E-state index is 0.0468. The average molecular weight is 396 g/mol. The van der Waals surface area contributed by atoms with Crippen LogP contribution in [0.1, 0.15) is 64.0 Å². The van der Waals surface area contributed by atoms with Crippen molar-refractivity contribution in [2.24, 2.45) is 11.8 Å². The maximum atomic E-state index is 13.5. The summed E-state index contributed by atoms with van der Waals surface area (Å²) in [6, 6.07) is 7.30. The second-order valence-electron chi connectivity index (χ2n) is 9.93. The number of fused-ring (bicyclic) bond motifs is 2. The molecule has 0 saturated heterocycles. The van der Waals surface area contributed by atoms with E-state index in [1.54, 1.807) is 0 Å². The van der Waals surface area contributed by atoms with Crippen molar-refractivity contribution in [3.8, 4) is 0 Å². The molecule has 1 aliphatic carbocycles. The molecule has 0 saturated carbocycles. The van der Waals surface area contributed by atoms with Crippen LogP contribution in [0.15, 0.2) is 24.3 Å². The third-order valence-corrected chi connectivity index (χ3v) is 7.03. The highest BCUT2D eigenvalue weighted by Crippen LogP contribution is 2.48. The molecule has 0 spiro atoms. The number of nitrogens with zero attached hydrogens (tertiary/aromatic N) is 2. The molecule has 0 bridgehead atoms. The zero-order valence-electron chi connectivity index (χ0n) is 18.7. The second-order valence-corrected chi connectivity index (χ2v) is 9.93. The lowest BCUT2D eigenvalue weighted by atomic mass is 9.74. The Balaban J connectivity index is 1.61. The highest BCUT2D eigenvalue weighted by molar-refractivity contribution is 5.87. The van der Waals surface area contributed by atoms with Crippen LogP contribution in [0.3, 0.4) is 0 Å². The first-order valence-electron chi connectivity index (χ1n) is 11.5. The summed E-state index contributed by atoms with van der Waals surface area (Å²) in [6.45, 7) is 11.6. The van der Waals surface area contributed by atoms with Crippen molar-refractivity contribution < 1.29 is 4.79 Å². The number of anilines is 1. The first kappa shape index (κ1) is 20.5. The summed E-state index contributed by atoms with van der Waals surface area (Å²) < 4.78 is 0. The van der Waals surface area contributed by atoms with Crippen LogP contribution in [0.5, 0.6) is 0 Å². The van der Waals surface area contributed by atoms with Crippen molar-refractivity contribution in [3.05, 3.63) is 35.4 Å². The van der Waals surface area contributed by atoms with E-state index in [1.807, 2.05) is 0 Å². The van der Waals surface area contributed by atoms with Crippen LogP contribution in [0, 0.1) is 11.8 Å². The van der Waals surface area contributed by atoms with Crippen LogP contribution in [0.25, 0.3) is 5.57 Å². The molecule has 1 aromatic carbocycles. The summed E-state index contributed by atoms with van der Waals surface area (Å²) in [6.07, 6.45) is 5.73. The summed E-state index contributed by atoms with van der Waals surface area (Å²) in [5.74, 6) is 1.54. The van der Waals surface area contributed by atoms with E-state index in [-0.39, 0.29) is 12.0 Å². The van der Waals surface area contributed by atoms with Gasteiger partial charge in [-0.05, 0) is 68.8 Å². The molecule has 1 amide bonds. The number of carbonyl (C=O) groups is 1. The number of rotatable bonds is 6. The molecule has 3 unspecified atom stereocenters. The molecule has 3 atom stereocenters. The van der Waals surface area contributed by atoms with Crippen LogP contribution >= 0.6 is 0 Å². The van der Waals surface area contributed by atoms with Gasteiger partial charge in [0.2, 0.25) is 5.91 Å². The van der Waals surface area contributed by atoms with E-state index in [2.05, 4.69) is 74.1 Å². The molecule has 2 aliphatic heterocycles. The van der Waals surface area contributed by atoms with E-state index < -0.39 is 0 Å². The Morgan fingerprint density at radius 3 is 2.79 bits per heavy atom. The first-order chi connectivity index (χ1) is 13.9. The molecule has 29 heavy (non-hydrogen) atoms. The molecule has 4 heteroatoms. The van der Waals surface area contributed by atoms with E-state index in [0.717, 1.165) is 32.5 Å². The molecule has 3 aliphatic rings. The van der Waals surface area contributed by atoms with E-state index in [1.165, 1.54) is 28.8 Å². The Bertz CT molecular complexity index is 797. The van der Waals surface area contributed by atoms with Crippen LogP contribution in [0.4, 0.5) is 5.69 Å². The Morgan fingerprint density at radius 2 is 2.07 bits per heavy atom. The third-order valence-electron chi connectivity index (χ3n) is 7.03. The van der Waals surface area contributed by atoms with Gasteiger partial charge in [-0.1, -0.05) is 32.1 Å². The van der Waals surface area contributed by atoms with Gasteiger partial charge < -0.3 is 10.2 Å². The fourth-order valence-corrected chi connectivity index (χ4v) is 5.50. The van der Waals surface area contributed by atoms with Gasteiger partial charge in [0, 0.05) is 43.3 Å². The number of hydrogen-bond acceptors (Lipinski definition) is 3. The predicted molar refractivity (Wildman–Crippen MR) is 121 cm³/mol. The van der Waals surface area contributed by atoms with Crippen molar-refractivity contribution in [1.29, 1.82) is 0 Å². The van der Waals surface area contributed by atoms with Gasteiger partial charge >= 0.3 is 0 Å². The van der Waals surface area contributed by atoms with Crippen molar-refractivity contribution in [3.63, 3.8) is 0 Å². The van der Waals surface area contributed by atoms with Gasteiger partial charge in [0.05, 0.1) is 5.92 Å². The van der Waals surface area contributed by atoms with Crippen LogP contribution in [0.2, 0.25) is 0 Å². The molecule has 1 aromatic rings. The molecule has 2 heterocycles. The molecule has 4 nitrogen and oxygen atoms in total. The number of likely N-dealkylation sites (N-methyl/N-ethyl adjacent to an activating group) is 1. The normalized spacial score (nSPS) is 25.5. The lowest BCUT2D eigenvalue weighted by molar-refractivity contribution is -0.136. The van der Waals surface area contributed by atoms with Gasteiger partial charge in [0.25, 0.3) is 0 Å². The maximum absolute atomic E-state index is 13.5. The number of amides is 1. The minimum atomic E-state index is -0.0468. The Labute approximate surface area is 176 Å². The SMILES string of the molecule is CC(C)CCCN(C(=O)C1C=C2c3cccc4c3C(CN4)CC2N(C)C1)C(C)C. The average Bonchev–Trinajstić information content (AvgIpc) is 3.09. The standard InChI is InChI=1S/C25H37N3O/c1-16(2)8-7-11-28(17(3)4)25(29)19-12-21-20-9-6-10-22-24(20)18(14-26-22)13-23(21)27(5)15-19/h6,9-10,12,16-19,23,26H,7-8,11,13-15H2,1-5H3. The van der Waals surface area contributed by atoms with Crippen molar-refractivity contribution in [2.75, 3.05) is 32.0 Å². The zero-order chi connectivity index (χ0) is 20.7. The summed E-state index contributed by atoms with van der Waals surface area (Å²) in [4.78, 5) is 18.1. The minimum Gasteiger partial charge on any atom is -0.384 e. The van der Waals surface area contributed by atoms with Gasteiger partial charge in [-0.3, -0.25) is 9.69 Å². The Morgan fingerprint density at radius 1 is 1.28 bits per heavy atom. The number of nitrogens with one attached hydrogen (secondary N) is 1. The Kier molecular flexibility index (Phi) is 5.74. The summed E-state index contributed by atoms with van der Waals surface area (Å²) in [5.41, 5.74) is 5.52. The van der Waals surface area contributed by atoms with Gasteiger partial charge in [0.15, 0.2) is 0 Å². The fourth-order valence-electron chi connectivity index (χ4n) is 5.50. The monoisotopic (exact) mass is 395 g/mol. The van der Waals surface area contributed by atoms with Gasteiger partial charge in [-0.25, -0.2) is 0 Å². The van der Waals surface area contributed by atoms with Gasteiger partial charge in [-0.2, -0.15) is 0 Å². The molecule has 158 valence electrons. The molecule has 0 fully saturated rings. The van der Waals surface area contributed by atoms with Crippen LogP contribution in [-0.4, -0.2) is 54.5 Å². The molecule has 4 rings (SSSR count). The van der Waals surface area contributed by atoms with Crippen molar-refractivity contribution >= 4 is 17.2 Å². The lowest BCUT2D eigenvalue weighted by Gasteiger charge is -2.43. The highest BCUT2D eigenvalue weighted by Gasteiger charge is 2.41. The van der Waals surface area contributed by atoms with Gasteiger partial charge in [0.1, 0.15) is 0 Å².